The van der Waals surface area contributed by atoms with Crippen LogP contribution < -0.4 is 10.5 Å². The summed E-state index contributed by atoms with van der Waals surface area (Å²) in [5, 5.41) is 0. The van der Waals surface area contributed by atoms with Crippen molar-refractivity contribution in [3.63, 3.8) is 0 Å². The zero-order chi connectivity index (χ0) is 23.5. The molecule has 0 radical (unpaired) electrons. The highest BCUT2D eigenvalue weighted by Gasteiger charge is 2.22. The quantitative estimate of drug-likeness (QED) is 0.291. The van der Waals surface area contributed by atoms with Crippen molar-refractivity contribution in [1.82, 2.24) is 0 Å². The van der Waals surface area contributed by atoms with Gasteiger partial charge in [-0.3, -0.25) is 0 Å². The maximum absolute atomic E-state index is 14.1. The van der Waals surface area contributed by atoms with E-state index in [2.05, 4.69) is 15.9 Å². The Labute approximate surface area is 199 Å². The van der Waals surface area contributed by atoms with E-state index < -0.39 is 17.6 Å². The van der Waals surface area contributed by atoms with E-state index in [-0.39, 0.29) is 12.2 Å². The molecular formula is C26H22BrF2NO3. The molecule has 0 fully saturated rings. The summed E-state index contributed by atoms with van der Waals surface area (Å²) in [6, 6.07) is 14.3. The molecule has 3 aromatic carbocycles. The monoisotopic (exact) mass is 513 g/mol. The lowest BCUT2D eigenvalue weighted by molar-refractivity contribution is 0.0600. The molecule has 0 saturated carbocycles. The number of methoxy groups -OCH3 is 1. The Morgan fingerprint density at radius 1 is 1.03 bits per heavy atom. The number of nitrogen functional groups attached to an aromatic ring is 1. The van der Waals surface area contributed by atoms with Crippen LogP contribution in [0.3, 0.4) is 0 Å². The number of anilines is 1. The number of carbonyl (C=O) groups excluding carboxylic acids is 1. The molecule has 0 heterocycles. The minimum absolute atomic E-state index is 0.0336. The highest BCUT2D eigenvalue weighted by molar-refractivity contribution is 9.10. The second-order valence-electron chi connectivity index (χ2n) is 7.81. The third kappa shape index (κ3) is 5.09. The van der Waals surface area contributed by atoms with Crippen molar-refractivity contribution in [3.8, 4) is 5.75 Å². The van der Waals surface area contributed by atoms with Gasteiger partial charge in [0, 0.05) is 27.4 Å². The van der Waals surface area contributed by atoms with Crippen molar-refractivity contribution in [3.05, 3.63) is 93.0 Å². The van der Waals surface area contributed by atoms with Crippen LogP contribution in [0.25, 0.3) is 11.1 Å². The van der Waals surface area contributed by atoms with Crippen LogP contribution in [-0.2, 0) is 11.3 Å². The average Bonchev–Trinajstić information content (AvgIpc) is 3.28. The fourth-order valence-corrected chi connectivity index (χ4v) is 4.44. The number of benzene rings is 3. The Kier molecular flexibility index (Phi) is 6.79. The van der Waals surface area contributed by atoms with Crippen molar-refractivity contribution < 1.29 is 23.0 Å². The van der Waals surface area contributed by atoms with E-state index in [1.54, 1.807) is 12.1 Å². The normalized spacial score (nSPS) is 13.3. The molecule has 3 aromatic rings. The Morgan fingerprint density at radius 2 is 1.82 bits per heavy atom. The Bertz CT molecular complexity index is 1260. The number of halogens is 3. The van der Waals surface area contributed by atoms with E-state index in [9.17, 15) is 13.6 Å². The third-order valence-electron chi connectivity index (χ3n) is 5.61. The van der Waals surface area contributed by atoms with Crippen LogP contribution in [0.2, 0.25) is 0 Å². The summed E-state index contributed by atoms with van der Waals surface area (Å²) in [6.07, 6.45) is 2.57. The molecule has 1 aliphatic carbocycles. The summed E-state index contributed by atoms with van der Waals surface area (Å²) in [4.78, 5) is 12.1. The SMILES string of the molecule is COC(=O)c1cc(N)cc(C2=C(c3cc(Br)ccc3OCc3ccc(F)cc3F)CCC2)c1. The van der Waals surface area contributed by atoms with E-state index in [0.29, 0.717) is 17.0 Å². The predicted octanol–water partition coefficient (Wildman–Crippen LogP) is 6.77. The van der Waals surface area contributed by atoms with E-state index in [0.717, 1.165) is 52.1 Å². The molecule has 0 bridgehead atoms. The summed E-state index contributed by atoms with van der Waals surface area (Å²) in [5.41, 5.74) is 11.1. The van der Waals surface area contributed by atoms with Gasteiger partial charge in [-0.2, -0.15) is 0 Å². The molecule has 4 nitrogen and oxygen atoms in total. The number of nitrogens with two attached hydrogens (primary N) is 1. The van der Waals surface area contributed by atoms with Crippen LogP contribution in [0.15, 0.2) is 59.1 Å². The zero-order valence-corrected chi connectivity index (χ0v) is 19.5. The van der Waals surface area contributed by atoms with Gasteiger partial charge in [0.1, 0.15) is 24.0 Å². The van der Waals surface area contributed by atoms with Crippen LogP contribution in [-0.4, -0.2) is 13.1 Å². The maximum atomic E-state index is 14.1. The number of carbonyl (C=O) groups is 1. The van der Waals surface area contributed by atoms with Gasteiger partial charge < -0.3 is 15.2 Å². The topological polar surface area (TPSA) is 61.5 Å². The molecule has 0 aliphatic heterocycles. The lowest BCUT2D eigenvalue weighted by Crippen LogP contribution is -2.04. The van der Waals surface area contributed by atoms with Gasteiger partial charge >= 0.3 is 5.97 Å². The summed E-state index contributed by atoms with van der Waals surface area (Å²) < 4.78 is 39.0. The molecule has 2 N–H and O–H groups in total. The summed E-state index contributed by atoms with van der Waals surface area (Å²) in [7, 11) is 1.33. The molecule has 0 aromatic heterocycles. The molecule has 33 heavy (non-hydrogen) atoms. The van der Waals surface area contributed by atoms with Gasteiger partial charge in [0.25, 0.3) is 0 Å². The summed E-state index contributed by atoms with van der Waals surface area (Å²) in [5.74, 6) is -1.13. The first-order chi connectivity index (χ1) is 15.9. The van der Waals surface area contributed by atoms with Gasteiger partial charge in [0.15, 0.2) is 0 Å². The lowest BCUT2D eigenvalue weighted by Gasteiger charge is -2.16. The lowest BCUT2D eigenvalue weighted by atomic mass is 9.95. The molecule has 0 atom stereocenters. The molecule has 0 saturated heterocycles. The zero-order valence-electron chi connectivity index (χ0n) is 18.0. The maximum Gasteiger partial charge on any atom is 0.337 e. The number of rotatable bonds is 6. The number of esters is 1. The van der Waals surface area contributed by atoms with Crippen molar-refractivity contribution >= 4 is 38.7 Å². The average molecular weight is 514 g/mol. The third-order valence-corrected chi connectivity index (χ3v) is 6.10. The second-order valence-corrected chi connectivity index (χ2v) is 8.73. The van der Waals surface area contributed by atoms with Crippen LogP contribution in [0.4, 0.5) is 14.5 Å². The molecular weight excluding hydrogens is 492 g/mol. The molecule has 170 valence electrons. The molecule has 1 aliphatic rings. The second kappa shape index (κ2) is 9.75. The van der Waals surface area contributed by atoms with E-state index in [1.165, 1.54) is 19.2 Å². The van der Waals surface area contributed by atoms with Crippen molar-refractivity contribution in [2.75, 3.05) is 12.8 Å². The van der Waals surface area contributed by atoms with Crippen molar-refractivity contribution in [2.45, 2.75) is 25.9 Å². The molecule has 0 amide bonds. The van der Waals surface area contributed by atoms with Crippen LogP contribution >= 0.6 is 15.9 Å². The van der Waals surface area contributed by atoms with Crippen LogP contribution in [0.1, 0.15) is 46.3 Å². The Morgan fingerprint density at radius 3 is 2.58 bits per heavy atom. The smallest absolute Gasteiger partial charge is 0.337 e. The van der Waals surface area contributed by atoms with E-state index in [1.807, 2.05) is 24.3 Å². The largest absolute Gasteiger partial charge is 0.488 e. The minimum atomic E-state index is -0.649. The first-order valence-electron chi connectivity index (χ1n) is 10.4. The van der Waals surface area contributed by atoms with E-state index in [4.69, 9.17) is 15.2 Å². The van der Waals surface area contributed by atoms with Gasteiger partial charge in [-0.05, 0) is 84.5 Å². The van der Waals surface area contributed by atoms with Crippen molar-refractivity contribution in [1.29, 1.82) is 0 Å². The highest BCUT2D eigenvalue weighted by Crippen LogP contribution is 2.44. The van der Waals surface area contributed by atoms with Gasteiger partial charge in [0.05, 0.1) is 12.7 Å². The van der Waals surface area contributed by atoms with E-state index >= 15 is 0 Å². The molecule has 0 unspecified atom stereocenters. The highest BCUT2D eigenvalue weighted by atomic mass is 79.9. The fourth-order valence-electron chi connectivity index (χ4n) is 4.08. The Balaban J connectivity index is 1.73. The number of allylic oxidation sites excluding steroid dienone is 2. The number of ether oxygens (including phenoxy) is 2. The van der Waals surface area contributed by atoms with Crippen molar-refractivity contribution in [2.24, 2.45) is 0 Å². The van der Waals surface area contributed by atoms with Gasteiger partial charge in [-0.15, -0.1) is 0 Å². The standard InChI is InChI=1S/C26H22BrF2NO3/c1-32-26(31)17-9-16(10-20(30)11-17)21-3-2-4-22(21)23-12-18(27)6-8-25(23)33-14-15-5-7-19(28)13-24(15)29/h5-13H,2-4,14,30H2,1H3. The first-order valence-corrected chi connectivity index (χ1v) is 11.2. The van der Waals surface area contributed by atoms with Gasteiger partial charge in [0.2, 0.25) is 0 Å². The first kappa shape index (κ1) is 23.0. The minimum Gasteiger partial charge on any atom is -0.488 e. The fraction of sp³-hybridized carbons (Fsp3) is 0.192. The number of hydrogen-bond acceptors (Lipinski definition) is 4. The molecule has 0 spiro atoms. The number of hydrogen-bond donors (Lipinski definition) is 1. The van der Waals surface area contributed by atoms with Gasteiger partial charge in [-0.1, -0.05) is 15.9 Å². The van der Waals surface area contributed by atoms with Crippen LogP contribution in [0.5, 0.6) is 5.75 Å². The van der Waals surface area contributed by atoms with Crippen LogP contribution in [0, 0.1) is 11.6 Å². The molecule has 4 rings (SSSR count). The predicted molar refractivity (Wildman–Crippen MR) is 128 cm³/mol. The molecule has 7 heteroatoms. The summed E-state index contributed by atoms with van der Waals surface area (Å²) in [6.45, 7) is -0.0336. The Hall–Kier alpha value is -3.19. The summed E-state index contributed by atoms with van der Waals surface area (Å²) >= 11 is 3.53. The van der Waals surface area contributed by atoms with Gasteiger partial charge in [-0.25, -0.2) is 13.6 Å².